The average Bonchev–Trinajstić information content (AvgIpc) is 3.18. The molecule has 0 aromatic carbocycles. The Labute approximate surface area is 171 Å². The first kappa shape index (κ1) is 19.8. The number of amides is 2. The number of hydrogen-bond acceptors (Lipinski definition) is 5. The molecule has 0 saturated carbocycles. The van der Waals surface area contributed by atoms with Gasteiger partial charge in [0.15, 0.2) is 5.69 Å². The van der Waals surface area contributed by atoms with Crippen LogP contribution in [0.25, 0.3) is 5.52 Å². The number of aromatic nitrogens is 2. The number of nitrogens with zero attached hydrogens (tertiary/aromatic N) is 6. The predicted molar refractivity (Wildman–Crippen MR) is 111 cm³/mol. The van der Waals surface area contributed by atoms with E-state index in [4.69, 9.17) is 0 Å². The van der Waals surface area contributed by atoms with Gasteiger partial charge in [-0.3, -0.25) is 14.0 Å². The van der Waals surface area contributed by atoms with Crippen LogP contribution < -0.4 is 0 Å². The van der Waals surface area contributed by atoms with Crippen LogP contribution in [0.15, 0.2) is 24.4 Å². The van der Waals surface area contributed by atoms with Crippen molar-refractivity contribution in [1.29, 1.82) is 0 Å². The van der Waals surface area contributed by atoms with E-state index in [0.717, 1.165) is 39.3 Å². The lowest BCUT2D eigenvalue weighted by molar-refractivity contribution is 0.0628. The van der Waals surface area contributed by atoms with Gasteiger partial charge >= 0.3 is 0 Å². The van der Waals surface area contributed by atoms with Crippen LogP contribution in [0.3, 0.4) is 0 Å². The first-order chi connectivity index (χ1) is 14.1. The third kappa shape index (κ3) is 3.86. The summed E-state index contributed by atoms with van der Waals surface area (Å²) >= 11 is 0. The summed E-state index contributed by atoms with van der Waals surface area (Å²) in [7, 11) is 0. The summed E-state index contributed by atoms with van der Waals surface area (Å²) in [5.74, 6) is 0.150. The molecule has 156 valence electrons. The number of pyridine rings is 1. The fourth-order valence-electron chi connectivity index (χ4n) is 4.17. The molecule has 29 heavy (non-hydrogen) atoms. The molecular weight excluding hydrogens is 368 g/mol. The largest absolute Gasteiger partial charge is 0.335 e. The molecule has 0 N–H and O–H groups in total. The molecule has 0 spiro atoms. The standard InChI is InChI=1S/C21H30N6O2/c1-3-23-9-13-25(14-10-23)20(28)18-17-7-5-6-8-27(17)19(22-18)21(29)26-15-11-24(4-2)12-16-26/h5-8H,3-4,9-16H2,1-2H3. The van der Waals surface area contributed by atoms with Crippen LogP contribution in [-0.4, -0.2) is 106 Å². The Kier molecular flexibility index (Phi) is 5.82. The predicted octanol–water partition coefficient (Wildman–Crippen LogP) is 0.890. The van der Waals surface area contributed by atoms with E-state index < -0.39 is 0 Å². The van der Waals surface area contributed by atoms with E-state index in [0.29, 0.717) is 43.2 Å². The van der Waals surface area contributed by atoms with Gasteiger partial charge in [0.2, 0.25) is 5.82 Å². The van der Waals surface area contributed by atoms with Gasteiger partial charge in [-0.2, -0.15) is 0 Å². The van der Waals surface area contributed by atoms with E-state index in [9.17, 15) is 9.59 Å². The quantitative estimate of drug-likeness (QED) is 0.765. The van der Waals surface area contributed by atoms with Crippen LogP contribution in [-0.2, 0) is 0 Å². The zero-order valence-corrected chi connectivity index (χ0v) is 17.4. The minimum Gasteiger partial charge on any atom is -0.335 e. The van der Waals surface area contributed by atoms with Crippen molar-refractivity contribution >= 4 is 17.3 Å². The highest BCUT2D eigenvalue weighted by Crippen LogP contribution is 2.18. The van der Waals surface area contributed by atoms with Gasteiger partial charge in [0.05, 0.1) is 5.52 Å². The number of fused-ring (bicyclic) bond motifs is 1. The zero-order chi connectivity index (χ0) is 20.4. The second kappa shape index (κ2) is 8.51. The molecule has 0 aliphatic carbocycles. The van der Waals surface area contributed by atoms with E-state index in [1.54, 1.807) is 4.40 Å². The fraction of sp³-hybridized carbons (Fsp3) is 0.571. The van der Waals surface area contributed by atoms with Crippen molar-refractivity contribution in [1.82, 2.24) is 29.0 Å². The normalized spacial score (nSPS) is 19.1. The van der Waals surface area contributed by atoms with Crippen molar-refractivity contribution < 1.29 is 9.59 Å². The molecule has 8 heteroatoms. The van der Waals surface area contributed by atoms with E-state index in [2.05, 4.69) is 28.6 Å². The molecule has 2 fully saturated rings. The molecule has 2 saturated heterocycles. The Balaban J connectivity index is 1.59. The number of piperazine rings is 2. The maximum absolute atomic E-state index is 13.2. The Morgan fingerprint density at radius 1 is 0.828 bits per heavy atom. The molecule has 2 aromatic heterocycles. The van der Waals surface area contributed by atoms with E-state index >= 15 is 0 Å². The lowest BCUT2D eigenvalue weighted by Gasteiger charge is -2.33. The third-order valence-corrected chi connectivity index (χ3v) is 6.16. The number of rotatable bonds is 4. The number of likely N-dealkylation sites (N-methyl/N-ethyl adjacent to an activating group) is 2. The SMILES string of the molecule is CCN1CCN(C(=O)c2nc(C(=O)N3CCN(CC)CC3)n3ccccc23)CC1. The molecule has 0 atom stereocenters. The molecule has 2 aliphatic rings. The van der Waals surface area contributed by atoms with Gasteiger partial charge in [0.1, 0.15) is 0 Å². The van der Waals surface area contributed by atoms with Gasteiger partial charge in [-0.25, -0.2) is 4.98 Å². The number of carbonyl (C=O) groups is 2. The number of carbonyl (C=O) groups excluding carboxylic acids is 2. The molecule has 0 bridgehead atoms. The summed E-state index contributed by atoms with van der Waals surface area (Å²) < 4.78 is 1.77. The second-order valence-electron chi connectivity index (χ2n) is 7.69. The van der Waals surface area contributed by atoms with Gasteiger partial charge in [-0.15, -0.1) is 0 Å². The first-order valence-electron chi connectivity index (χ1n) is 10.6. The van der Waals surface area contributed by atoms with Crippen molar-refractivity contribution in [2.45, 2.75) is 13.8 Å². The minimum absolute atomic E-state index is 0.0840. The monoisotopic (exact) mass is 398 g/mol. The third-order valence-electron chi connectivity index (χ3n) is 6.16. The average molecular weight is 399 g/mol. The van der Waals surface area contributed by atoms with Crippen LogP contribution >= 0.6 is 0 Å². The van der Waals surface area contributed by atoms with Gasteiger partial charge in [-0.1, -0.05) is 19.9 Å². The molecular formula is C21H30N6O2. The molecule has 2 aliphatic heterocycles. The van der Waals surface area contributed by atoms with Gasteiger partial charge in [0, 0.05) is 58.6 Å². The number of imidazole rings is 1. The van der Waals surface area contributed by atoms with Gasteiger partial charge < -0.3 is 19.6 Å². The van der Waals surface area contributed by atoms with Gasteiger partial charge in [-0.05, 0) is 25.2 Å². The van der Waals surface area contributed by atoms with Crippen LogP contribution in [0.2, 0.25) is 0 Å². The summed E-state index contributed by atoms with van der Waals surface area (Å²) in [6.07, 6.45) is 1.82. The van der Waals surface area contributed by atoms with Crippen molar-refractivity contribution in [3.8, 4) is 0 Å². The maximum Gasteiger partial charge on any atom is 0.290 e. The maximum atomic E-state index is 13.2. The van der Waals surface area contributed by atoms with Crippen molar-refractivity contribution in [2.75, 3.05) is 65.4 Å². The van der Waals surface area contributed by atoms with E-state index in [1.807, 2.05) is 34.2 Å². The Hall–Kier alpha value is -2.45. The minimum atomic E-state index is -0.100. The summed E-state index contributed by atoms with van der Waals surface area (Å²) in [4.78, 5) is 39.3. The van der Waals surface area contributed by atoms with E-state index in [1.165, 1.54) is 0 Å². The topological polar surface area (TPSA) is 64.4 Å². The summed E-state index contributed by atoms with van der Waals surface area (Å²) in [6, 6.07) is 5.63. The zero-order valence-electron chi connectivity index (χ0n) is 17.4. The molecule has 2 aromatic rings. The van der Waals surface area contributed by atoms with Crippen LogP contribution in [0.5, 0.6) is 0 Å². The van der Waals surface area contributed by atoms with Crippen LogP contribution in [0.1, 0.15) is 35.0 Å². The summed E-state index contributed by atoms with van der Waals surface area (Å²) in [5.41, 5.74) is 1.08. The smallest absolute Gasteiger partial charge is 0.290 e. The van der Waals surface area contributed by atoms with Crippen LogP contribution in [0, 0.1) is 0 Å². The molecule has 2 amide bonds. The highest BCUT2D eigenvalue weighted by Gasteiger charge is 2.30. The van der Waals surface area contributed by atoms with E-state index in [-0.39, 0.29) is 11.8 Å². The first-order valence-corrected chi connectivity index (χ1v) is 10.6. The fourth-order valence-corrected chi connectivity index (χ4v) is 4.17. The Morgan fingerprint density at radius 3 is 1.93 bits per heavy atom. The molecule has 0 unspecified atom stereocenters. The summed E-state index contributed by atoms with van der Waals surface area (Å²) in [5, 5.41) is 0. The van der Waals surface area contributed by atoms with Crippen molar-refractivity contribution in [2.24, 2.45) is 0 Å². The van der Waals surface area contributed by atoms with Crippen LogP contribution in [0.4, 0.5) is 0 Å². The lowest BCUT2D eigenvalue weighted by atomic mass is 10.2. The second-order valence-corrected chi connectivity index (χ2v) is 7.69. The van der Waals surface area contributed by atoms with Crippen molar-refractivity contribution in [3.63, 3.8) is 0 Å². The molecule has 4 heterocycles. The molecule has 0 radical (unpaired) electrons. The highest BCUT2D eigenvalue weighted by atomic mass is 16.2. The lowest BCUT2D eigenvalue weighted by Crippen LogP contribution is -2.49. The summed E-state index contributed by atoms with van der Waals surface area (Å²) in [6.45, 7) is 12.5. The highest BCUT2D eigenvalue weighted by molar-refractivity contribution is 6.02. The van der Waals surface area contributed by atoms with Crippen molar-refractivity contribution in [3.05, 3.63) is 35.9 Å². The Morgan fingerprint density at radius 2 is 1.38 bits per heavy atom. The molecule has 4 rings (SSSR count). The molecule has 8 nitrogen and oxygen atoms in total. The number of hydrogen-bond donors (Lipinski definition) is 0. The van der Waals surface area contributed by atoms with Gasteiger partial charge in [0.25, 0.3) is 11.8 Å². The Bertz CT molecular complexity index is 808.